The lowest BCUT2D eigenvalue weighted by molar-refractivity contribution is 0.287. The zero-order valence-electron chi connectivity index (χ0n) is 17.1. The van der Waals surface area contributed by atoms with Gasteiger partial charge >= 0.3 is 0 Å². The van der Waals surface area contributed by atoms with Crippen molar-refractivity contribution in [1.29, 1.82) is 0 Å². The molecule has 0 bridgehead atoms. The molecule has 0 radical (unpaired) electrons. The zero-order chi connectivity index (χ0) is 21.5. The van der Waals surface area contributed by atoms with Crippen LogP contribution in [0.15, 0.2) is 47.3 Å². The van der Waals surface area contributed by atoms with Gasteiger partial charge in [-0.05, 0) is 43.7 Å². The number of rotatable bonds is 4. The highest BCUT2D eigenvalue weighted by atomic mass is 19.1. The average molecular weight is 422 g/mol. The number of anilines is 1. The number of hydrogen-bond donors (Lipinski definition) is 0. The minimum Gasteiger partial charge on any atom is -0.486 e. The molecule has 1 aliphatic heterocycles. The first-order valence-electron chi connectivity index (χ1n) is 10.1. The first-order valence-corrected chi connectivity index (χ1v) is 10.1. The Morgan fingerprint density at radius 3 is 2.81 bits per heavy atom. The van der Waals surface area contributed by atoms with Crippen LogP contribution in [-0.4, -0.2) is 34.1 Å². The summed E-state index contributed by atoms with van der Waals surface area (Å²) >= 11 is 0. The second-order valence-corrected chi connectivity index (χ2v) is 7.76. The Labute approximate surface area is 177 Å². The van der Waals surface area contributed by atoms with E-state index in [0.29, 0.717) is 42.2 Å². The van der Waals surface area contributed by atoms with E-state index >= 15 is 0 Å². The van der Waals surface area contributed by atoms with Gasteiger partial charge < -0.3 is 14.1 Å². The van der Waals surface area contributed by atoms with E-state index < -0.39 is 11.6 Å². The molecule has 0 saturated heterocycles. The van der Waals surface area contributed by atoms with E-state index in [1.165, 1.54) is 12.5 Å². The number of oxazole rings is 1. The van der Waals surface area contributed by atoms with Crippen molar-refractivity contribution in [1.82, 2.24) is 15.0 Å². The van der Waals surface area contributed by atoms with E-state index in [2.05, 4.69) is 15.0 Å². The highest BCUT2D eigenvalue weighted by Gasteiger charge is 2.25. The van der Waals surface area contributed by atoms with Crippen molar-refractivity contribution >= 4 is 16.8 Å². The Bertz CT molecular complexity index is 1270. The van der Waals surface area contributed by atoms with Gasteiger partial charge in [-0.1, -0.05) is 6.07 Å². The molecule has 2 aromatic carbocycles. The van der Waals surface area contributed by atoms with Crippen molar-refractivity contribution in [2.45, 2.75) is 26.3 Å². The molecule has 2 aromatic heterocycles. The maximum Gasteiger partial charge on any atom is 0.181 e. The third-order valence-corrected chi connectivity index (χ3v) is 5.36. The number of aromatic nitrogens is 3. The molecule has 5 rings (SSSR count). The van der Waals surface area contributed by atoms with Crippen LogP contribution in [0.2, 0.25) is 0 Å². The van der Waals surface area contributed by atoms with Gasteiger partial charge in [-0.15, -0.1) is 0 Å². The number of halogens is 2. The van der Waals surface area contributed by atoms with Gasteiger partial charge in [-0.2, -0.15) is 0 Å². The molecule has 8 heteroatoms. The first-order chi connectivity index (χ1) is 15.0. The summed E-state index contributed by atoms with van der Waals surface area (Å²) in [4.78, 5) is 14.7. The number of hydrogen-bond acceptors (Lipinski definition) is 6. The van der Waals surface area contributed by atoms with Gasteiger partial charge in [0.2, 0.25) is 0 Å². The molecule has 0 unspecified atom stereocenters. The monoisotopic (exact) mass is 422 g/mol. The van der Waals surface area contributed by atoms with Gasteiger partial charge in [0, 0.05) is 18.0 Å². The van der Waals surface area contributed by atoms with Crippen molar-refractivity contribution in [2.24, 2.45) is 0 Å². The van der Waals surface area contributed by atoms with Crippen LogP contribution in [0.4, 0.5) is 14.5 Å². The molecular weight excluding hydrogens is 402 g/mol. The second kappa shape index (κ2) is 7.61. The molecule has 0 atom stereocenters. The Kier molecular flexibility index (Phi) is 4.77. The van der Waals surface area contributed by atoms with Gasteiger partial charge in [0.1, 0.15) is 23.6 Å². The predicted octanol–water partition coefficient (Wildman–Crippen LogP) is 4.76. The lowest BCUT2D eigenvalue weighted by Crippen LogP contribution is -2.38. The quantitative estimate of drug-likeness (QED) is 0.473. The molecule has 0 saturated carbocycles. The summed E-state index contributed by atoms with van der Waals surface area (Å²) in [5, 5.41) is 0. The normalized spacial score (nSPS) is 13.5. The van der Waals surface area contributed by atoms with E-state index in [1.807, 2.05) is 36.9 Å². The summed E-state index contributed by atoms with van der Waals surface area (Å²) in [5.41, 5.74) is 3.34. The Morgan fingerprint density at radius 1 is 1.10 bits per heavy atom. The van der Waals surface area contributed by atoms with Gasteiger partial charge in [0.25, 0.3) is 0 Å². The minimum atomic E-state index is -0.608. The largest absolute Gasteiger partial charge is 0.486 e. The summed E-state index contributed by atoms with van der Waals surface area (Å²) in [6.45, 7) is 5.09. The molecule has 1 aliphatic rings. The van der Waals surface area contributed by atoms with Gasteiger partial charge in [-0.3, -0.25) is 0 Å². The molecule has 3 heterocycles. The summed E-state index contributed by atoms with van der Waals surface area (Å²) in [6.07, 6.45) is 2.89. The SMILES string of the molecule is CC(C)N1CCOc2c(F)cc(-c3nc(Cc4ccc5ocnc5c4)ncc3F)cc21. The maximum atomic E-state index is 14.8. The smallest absolute Gasteiger partial charge is 0.181 e. The highest BCUT2D eigenvalue weighted by molar-refractivity contribution is 5.73. The van der Waals surface area contributed by atoms with Crippen LogP contribution >= 0.6 is 0 Å². The van der Waals surface area contributed by atoms with E-state index in [-0.39, 0.29) is 17.5 Å². The van der Waals surface area contributed by atoms with Crippen molar-refractivity contribution in [3.05, 3.63) is 65.9 Å². The summed E-state index contributed by atoms with van der Waals surface area (Å²) < 4.78 is 40.3. The number of nitrogens with zero attached hydrogens (tertiary/aromatic N) is 4. The lowest BCUT2D eigenvalue weighted by atomic mass is 10.1. The third-order valence-electron chi connectivity index (χ3n) is 5.36. The molecule has 0 N–H and O–H groups in total. The van der Waals surface area contributed by atoms with Gasteiger partial charge in [0.15, 0.2) is 29.4 Å². The molecule has 0 amide bonds. The Hall–Kier alpha value is -3.55. The predicted molar refractivity (Wildman–Crippen MR) is 112 cm³/mol. The van der Waals surface area contributed by atoms with Gasteiger partial charge in [0.05, 0.1) is 18.4 Å². The number of benzene rings is 2. The Balaban J connectivity index is 1.53. The fraction of sp³-hybridized carbons (Fsp3) is 0.261. The number of ether oxygens (including phenoxy) is 1. The second-order valence-electron chi connectivity index (χ2n) is 7.76. The van der Waals surface area contributed by atoms with E-state index in [1.54, 1.807) is 6.07 Å². The summed E-state index contributed by atoms with van der Waals surface area (Å²) in [7, 11) is 0. The standard InChI is InChI=1S/C23H20F2N4O2/c1-13(2)29-5-6-30-23-16(24)9-15(10-19(23)29)22-17(25)11-26-21(28-22)8-14-3-4-20-18(7-14)27-12-31-20/h3-4,7,9-13H,5-6,8H2,1-2H3. The minimum absolute atomic E-state index is 0.0588. The first kappa shape index (κ1) is 19.4. The van der Waals surface area contributed by atoms with Gasteiger partial charge in [-0.25, -0.2) is 23.7 Å². The van der Waals surface area contributed by atoms with E-state index in [9.17, 15) is 8.78 Å². The van der Waals surface area contributed by atoms with Crippen LogP contribution in [0.5, 0.6) is 5.75 Å². The van der Waals surface area contributed by atoms with Crippen molar-refractivity contribution in [3.63, 3.8) is 0 Å². The van der Waals surface area contributed by atoms with Crippen LogP contribution in [-0.2, 0) is 6.42 Å². The van der Waals surface area contributed by atoms with Crippen molar-refractivity contribution in [3.8, 4) is 17.0 Å². The lowest BCUT2D eigenvalue weighted by Gasteiger charge is -2.34. The fourth-order valence-electron chi connectivity index (χ4n) is 3.86. The van der Waals surface area contributed by atoms with Crippen LogP contribution in [0.3, 0.4) is 0 Å². The maximum absolute atomic E-state index is 14.8. The molecule has 0 spiro atoms. The molecule has 6 nitrogen and oxygen atoms in total. The highest BCUT2D eigenvalue weighted by Crippen LogP contribution is 2.39. The van der Waals surface area contributed by atoms with E-state index in [0.717, 1.165) is 17.3 Å². The average Bonchev–Trinajstić information content (AvgIpc) is 3.22. The molecule has 4 aromatic rings. The number of fused-ring (bicyclic) bond motifs is 2. The van der Waals surface area contributed by atoms with Crippen LogP contribution in [0.25, 0.3) is 22.4 Å². The molecular formula is C23H20F2N4O2. The topological polar surface area (TPSA) is 64.3 Å². The van der Waals surface area contributed by atoms with Crippen LogP contribution in [0, 0.1) is 11.6 Å². The summed E-state index contributed by atoms with van der Waals surface area (Å²) in [5.74, 6) is -0.523. The Morgan fingerprint density at radius 2 is 1.97 bits per heavy atom. The van der Waals surface area contributed by atoms with E-state index in [4.69, 9.17) is 9.15 Å². The van der Waals surface area contributed by atoms with Crippen molar-refractivity contribution < 1.29 is 17.9 Å². The zero-order valence-corrected chi connectivity index (χ0v) is 17.1. The summed E-state index contributed by atoms with van der Waals surface area (Å²) in [6, 6.07) is 8.72. The molecule has 31 heavy (non-hydrogen) atoms. The fourth-order valence-corrected chi connectivity index (χ4v) is 3.86. The molecule has 158 valence electrons. The van der Waals surface area contributed by atoms with Crippen LogP contribution in [0.1, 0.15) is 25.2 Å². The van der Waals surface area contributed by atoms with Crippen molar-refractivity contribution in [2.75, 3.05) is 18.1 Å². The third kappa shape index (κ3) is 3.58. The van der Waals surface area contributed by atoms with Crippen LogP contribution < -0.4 is 9.64 Å². The molecule has 0 aliphatic carbocycles. The molecule has 0 fully saturated rings.